The third-order valence-electron chi connectivity index (χ3n) is 5.33. The molecule has 1 aromatic rings. The van der Waals surface area contributed by atoms with E-state index < -0.39 is 22.2 Å². The summed E-state index contributed by atoms with van der Waals surface area (Å²) in [6.07, 6.45) is 4.07. The van der Waals surface area contributed by atoms with Crippen LogP contribution in [0.3, 0.4) is 0 Å². The number of ether oxygens (including phenoxy) is 1. The quantitative estimate of drug-likeness (QED) is 0.516. The molecule has 0 unspecified atom stereocenters. The van der Waals surface area contributed by atoms with Crippen LogP contribution >= 0.6 is 0 Å². The van der Waals surface area contributed by atoms with E-state index in [4.69, 9.17) is 8.85 Å². The number of carbonyl (C=O) groups is 1. The van der Waals surface area contributed by atoms with E-state index in [0.717, 1.165) is 0 Å². The Kier molecular flexibility index (Phi) is 3.32. The molecule has 0 aliphatic carbocycles. The second-order valence-corrected chi connectivity index (χ2v) is 17.2. The Hall–Kier alpha value is -1.38. The summed E-state index contributed by atoms with van der Waals surface area (Å²) in [7, 11) is -3.80. The molecule has 4 rings (SSSR count). The molecule has 25 heavy (non-hydrogen) atoms. The Labute approximate surface area is 152 Å². The fraction of sp³-hybridized carbons (Fsp3) is 0.526. The van der Waals surface area contributed by atoms with Crippen LogP contribution in [0, 0.1) is 0 Å². The summed E-state index contributed by atoms with van der Waals surface area (Å²) in [5.74, 6) is 0. The third kappa shape index (κ3) is 2.38. The van der Waals surface area contributed by atoms with Crippen molar-refractivity contribution in [3.8, 4) is 0 Å². The molecule has 1 amide bonds. The van der Waals surface area contributed by atoms with Gasteiger partial charge in [-0.25, -0.2) is 4.79 Å². The lowest BCUT2D eigenvalue weighted by Crippen LogP contribution is -2.47. The van der Waals surface area contributed by atoms with Gasteiger partial charge in [-0.15, -0.1) is 0 Å². The smallest absolute Gasteiger partial charge is 0.411 e. The van der Waals surface area contributed by atoms with E-state index in [-0.39, 0.29) is 18.2 Å². The van der Waals surface area contributed by atoms with Crippen LogP contribution < -0.4 is 10.4 Å². The highest BCUT2D eigenvalue weighted by Gasteiger charge is 2.53. The molecule has 2 bridgehead atoms. The highest BCUT2D eigenvalue weighted by atomic mass is 28.4. The van der Waals surface area contributed by atoms with Crippen LogP contribution in [0.15, 0.2) is 24.3 Å². The molecule has 0 radical (unpaired) electrons. The van der Waals surface area contributed by atoms with E-state index in [1.807, 2.05) is 25.7 Å². The molecule has 1 aromatic carbocycles. The Morgan fingerprint density at radius 2 is 1.72 bits per heavy atom. The first kappa shape index (κ1) is 17.1. The Bertz CT molecular complexity index is 808. The van der Waals surface area contributed by atoms with Crippen LogP contribution in [-0.4, -0.2) is 33.2 Å². The fourth-order valence-corrected chi connectivity index (χ4v) is 15.4. The van der Waals surface area contributed by atoms with Crippen molar-refractivity contribution in [2.24, 2.45) is 0 Å². The predicted molar refractivity (Wildman–Crippen MR) is 104 cm³/mol. The minimum atomic E-state index is -1.95. The average molecular weight is 374 g/mol. The summed E-state index contributed by atoms with van der Waals surface area (Å²) in [5, 5.41) is 2.86. The lowest BCUT2D eigenvalue weighted by molar-refractivity contribution is 0.0196. The zero-order valence-corrected chi connectivity index (χ0v) is 18.1. The summed E-state index contributed by atoms with van der Waals surface area (Å²) in [6, 6.07) is 4.47. The van der Waals surface area contributed by atoms with E-state index >= 15 is 0 Å². The molecule has 3 aliphatic rings. The standard InChI is InChI=1S/C19H27NO3Si2/c1-19(2,3)22-18(21)20-13-9-10-14(20)16-12(13)8-11-15-17(16)25(6,7)23-24(15,4)5/h8-11,13-14H,1-7H3/t13-,14+/m1/s1. The van der Waals surface area contributed by atoms with E-state index in [2.05, 4.69) is 50.5 Å². The Balaban J connectivity index is 1.81. The lowest BCUT2D eigenvalue weighted by Gasteiger charge is -2.28. The Morgan fingerprint density at radius 3 is 2.36 bits per heavy atom. The lowest BCUT2D eigenvalue weighted by atomic mass is 9.97. The fourth-order valence-electron chi connectivity index (χ4n) is 4.71. The summed E-state index contributed by atoms with van der Waals surface area (Å²) < 4.78 is 12.3. The zero-order valence-electron chi connectivity index (χ0n) is 16.1. The molecule has 0 spiro atoms. The molecule has 0 fully saturated rings. The number of benzene rings is 1. The molecule has 0 N–H and O–H groups in total. The molecule has 3 aliphatic heterocycles. The van der Waals surface area contributed by atoms with Gasteiger partial charge >= 0.3 is 6.09 Å². The number of hydrogen-bond acceptors (Lipinski definition) is 3. The van der Waals surface area contributed by atoms with Gasteiger partial charge in [0.15, 0.2) is 0 Å². The zero-order chi connectivity index (χ0) is 18.4. The van der Waals surface area contributed by atoms with Crippen LogP contribution in [0.5, 0.6) is 0 Å². The molecule has 0 saturated heterocycles. The molecule has 4 nitrogen and oxygen atoms in total. The molecule has 0 aromatic heterocycles. The topological polar surface area (TPSA) is 38.8 Å². The van der Waals surface area contributed by atoms with Gasteiger partial charge in [-0.1, -0.05) is 24.3 Å². The number of rotatable bonds is 0. The summed E-state index contributed by atoms with van der Waals surface area (Å²) >= 11 is 0. The largest absolute Gasteiger partial charge is 0.449 e. The first-order valence-corrected chi connectivity index (χ1v) is 14.8. The second-order valence-electron chi connectivity index (χ2n) is 9.28. The first-order chi connectivity index (χ1) is 11.4. The van der Waals surface area contributed by atoms with E-state index in [0.29, 0.717) is 0 Å². The summed E-state index contributed by atoms with van der Waals surface area (Å²) in [5.41, 5.74) is 2.10. The van der Waals surface area contributed by atoms with Crippen molar-refractivity contribution in [2.75, 3.05) is 0 Å². The van der Waals surface area contributed by atoms with Crippen LogP contribution in [-0.2, 0) is 8.85 Å². The normalized spacial score (nSPS) is 27.4. The molecule has 134 valence electrons. The van der Waals surface area contributed by atoms with Gasteiger partial charge in [0.1, 0.15) is 5.60 Å². The number of fused-ring (bicyclic) bond motifs is 7. The SMILES string of the molecule is CC(C)(C)OC(=O)N1[C@@H]2C=C[C@H]1c1c2ccc2c1[Si](C)(C)O[Si]2(C)C. The van der Waals surface area contributed by atoms with Crippen LogP contribution in [0.4, 0.5) is 4.79 Å². The van der Waals surface area contributed by atoms with Crippen molar-refractivity contribution in [3.05, 3.63) is 35.4 Å². The molecule has 3 heterocycles. The summed E-state index contributed by atoms with van der Waals surface area (Å²) in [4.78, 5) is 14.7. The van der Waals surface area contributed by atoms with Crippen molar-refractivity contribution in [1.29, 1.82) is 0 Å². The second kappa shape index (κ2) is 4.87. The highest BCUT2D eigenvalue weighted by molar-refractivity contribution is 7.06. The minimum Gasteiger partial charge on any atom is -0.449 e. The first-order valence-electron chi connectivity index (χ1n) is 9.00. The van der Waals surface area contributed by atoms with Crippen molar-refractivity contribution in [2.45, 2.75) is 64.6 Å². The van der Waals surface area contributed by atoms with Gasteiger partial charge in [-0.2, -0.15) is 0 Å². The van der Waals surface area contributed by atoms with Gasteiger partial charge < -0.3 is 8.85 Å². The minimum absolute atomic E-state index is 0.00433. The number of amides is 1. The number of hydrogen-bond donors (Lipinski definition) is 0. The molecular weight excluding hydrogens is 346 g/mol. The maximum absolute atomic E-state index is 12.8. The van der Waals surface area contributed by atoms with Crippen LogP contribution in [0.2, 0.25) is 26.2 Å². The van der Waals surface area contributed by atoms with Gasteiger partial charge in [-0.3, -0.25) is 4.90 Å². The van der Waals surface area contributed by atoms with E-state index in [1.165, 1.54) is 21.5 Å². The molecule has 2 atom stereocenters. The average Bonchev–Trinajstić information content (AvgIpc) is 3.04. The Morgan fingerprint density at radius 1 is 1.08 bits per heavy atom. The van der Waals surface area contributed by atoms with Crippen molar-refractivity contribution >= 4 is 33.1 Å². The van der Waals surface area contributed by atoms with Gasteiger partial charge in [-0.05, 0) is 68.5 Å². The van der Waals surface area contributed by atoms with E-state index in [9.17, 15) is 4.79 Å². The molecule has 6 heteroatoms. The molecular formula is C19H27NO3Si2. The monoisotopic (exact) mass is 373 g/mol. The van der Waals surface area contributed by atoms with Crippen molar-refractivity contribution in [3.63, 3.8) is 0 Å². The maximum atomic E-state index is 12.8. The van der Waals surface area contributed by atoms with Gasteiger partial charge in [0, 0.05) is 0 Å². The number of carbonyl (C=O) groups excluding carboxylic acids is 1. The number of nitrogens with zero attached hydrogens (tertiary/aromatic N) is 1. The van der Waals surface area contributed by atoms with Gasteiger partial charge in [0.05, 0.1) is 12.1 Å². The van der Waals surface area contributed by atoms with Gasteiger partial charge in [0.25, 0.3) is 0 Å². The van der Waals surface area contributed by atoms with Crippen LogP contribution in [0.25, 0.3) is 0 Å². The van der Waals surface area contributed by atoms with Gasteiger partial charge in [0.2, 0.25) is 16.6 Å². The molecule has 0 saturated carbocycles. The third-order valence-corrected chi connectivity index (χ3v) is 13.1. The van der Waals surface area contributed by atoms with Crippen molar-refractivity contribution < 1.29 is 13.6 Å². The van der Waals surface area contributed by atoms with E-state index in [1.54, 1.807) is 0 Å². The summed E-state index contributed by atoms with van der Waals surface area (Å²) in [6.45, 7) is 14.9. The predicted octanol–water partition coefficient (Wildman–Crippen LogP) is 3.44. The highest BCUT2D eigenvalue weighted by Crippen LogP contribution is 2.49. The van der Waals surface area contributed by atoms with Crippen LogP contribution in [0.1, 0.15) is 44.0 Å². The maximum Gasteiger partial charge on any atom is 0.411 e. The van der Waals surface area contributed by atoms with Crippen molar-refractivity contribution in [1.82, 2.24) is 4.90 Å².